The molecule has 2 aromatic rings. The third-order valence-electron chi connectivity index (χ3n) is 4.36. The number of nitrogens with zero attached hydrogens (tertiary/aromatic N) is 5. The lowest BCUT2D eigenvalue weighted by Gasteiger charge is -2.37. The van der Waals surface area contributed by atoms with Crippen molar-refractivity contribution in [3.8, 4) is 5.69 Å². The van der Waals surface area contributed by atoms with Crippen LogP contribution in [-0.2, 0) is 0 Å². The minimum Gasteiger partial charge on any atom is -0.333 e. The maximum atomic E-state index is 6.34. The summed E-state index contributed by atoms with van der Waals surface area (Å²) < 4.78 is 1.83. The molecule has 0 spiro atoms. The maximum Gasteiger partial charge on any atom is 0.250 e. The van der Waals surface area contributed by atoms with Crippen molar-refractivity contribution < 1.29 is 0 Å². The molecular weight excluding hydrogens is 274 g/mol. The Morgan fingerprint density at radius 1 is 1.05 bits per heavy atom. The van der Waals surface area contributed by atoms with Gasteiger partial charge in [-0.1, -0.05) is 23.3 Å². The second kappa shape index (κ2) is 4.74. The van der Waals surface area contributed by atoms with Gasteiger partial charge in [-0.3, -0.25) is 0 Å². The Morgan fingerprint density at radius 3 is 2.45 bits per heavy atom. The molecular formula is C14H16ClN5. The van der Waals surface area contributed by atoms with Crippen LogP contribution in [-0.4, -0.2) is 37.7 Å². The van der Waals surface area contributed by atoms with Crippen LogP contribution < -0.4 is 4.90 Å². The molecule has 2 saturated heterocycles. The van der Waals surface area contributed by atoms with Crippen LogP contribution >= 0.6 is 11.6 Å². The normalized spacial score (nSPS) is 28.9. The maximum absolute atomic E-state index is 6.34. The number of aromatic nitrogens is 4. The zero-order valence-corrected chi connectivity index (χ0v) is 11.8. The van der Waals surface area contributed by atoms with Crippen LogP contribution in [0.5, 0.6) is 0 Å². The number of rotatable bonds is 2. The standard InChI is InChI=1S/C14H16ClN5/c15-10-8-12-6-7-13(9-10)19(12)14-16-17-18-20(14)11-4-2-1-3-5-11/h1-5,10,12-13H,6-9H2. The number of para-hydroxylation sites is 1. The quantitative estimate of drug-likeness (QED) is 0.797. The Labute approximate surface area is 122 Å². The minimum absolute atomic E-state index is 0.296. The summed E-state index contributed by atoms with van der Waals surface area (Å²) in [6.07, 6.45) is 4.44. The molecule has 0 amide bonds. The van der Waals surface area contributed by atoms with Gasteiger partial charge in [-0.25, -0.2) is 0 Å². The molecule has 0 N–H and O–H groups in total. The molecule has 0 radical (unpaired) electrons. The smallest absolute Gasteiger partial charge is 0.250 e. The Morgan fingerprint density at radius 2 is 1.75 bits per heavy atom. The molecule has 1 aromatic heterocycles. The number of alkyl halides is 1. The summed E-state index contributed by atoms with van der Waals surface area (Å²) in [4.78, 5) is 2.38. The first-order chi connectivity index (χ1) is 9.83. The van der Waals surface area contributed by atoms with Crippen LogP contribution in [0, 0.1) is 0 Å². The van der Waals surface area contributed by atoms with E-state index in [0.717, 1.165) is 24.5 Å². The van der Waals surface area contributed by atoms with E-state index in [1.165, 1.54) is 12.8 Å². The zero-order chi connectivity index (χ0) is 13.5. The van der Waals surface area contributed by atoms with Gasteiger partial charge in [0.15, 0.2) is 0 Å². The second-order valence-corrected chi connectivity index (χ2v) is 6.20. The summed E-state index contributed by atoms with van der Waals surface area (Å²) in [6, 6.07) is 11.0. The van der Waals surface area contributed by atoms with E-state index < -0.39 is 0 Å². The molecule has 2 fully saturated rings. The molecule has 2 bridgehead atoms. The summed E-state index contributed by atoms with van der Waals surface area (Å²) >= 11 is 6.34. The summed E-state index contributed by atoms with van der Waals surface area (Å²) in [7, 11) is 0. The fraction of sp³-hybridized carbons (Fsp3) is 0.500. The van der Waals surface area contributed by atoms with Crippen molar-refractivity contribution in [3.63, 3.8) is 0 Å². The molecule has 0 aliphatic carbocycles. The number of anilines is 1. The van der Waals surface area contributed by atoms with Crippen molar-refractivity contribution in [2.75, 3.05) is 4.90 Å². The van der Waals surface area contributed by atoms with E-state index in [2.05, 4.69) is 20.4 Å². The Kier molecular flexibility index (Phi) is 2.88. The van der Waals surface area contributed by atoms with E-state index >= 15 is 0 Å². The van der Waals surface area contributed by atoms with Gasteiger partial charge in [0.2, 0.25) is 0 Å². The predicted molar refractivity (Wildman–Crippen MR) is 77.3 cm³/mol. The molecule has 2 aliphatic heterocycles. The molecule has 104 valence electrons. The molecule has 2 unspecified atom stereocenters. The highest BCUT2D eigenvalue weighted by Crippen LogP contribution is 2.40. The lowest BCUT2D eigenvalue weighted by Crippen LogP contribution is -2.44. The Bertz CT molecular complexity index is 585. The van der Waals surface area contributed by atoms with Crippen LogP contribution in [0.25, 0.3) is 5.69 Å². The Hall–Kier alpha value is -1.62. The number of hydrogen-bond acceptors (Lipinski definition) is 4. The molecule has 3 heterocycles. The van der Waals surface area contributed by atoms with E-state index in [9.17, 15) is 0 Å². The van der Waals surface area contributed by atoms with Crippen molar-refractivity contribution in [1.29, 1.82) is 0 Å². The highest BCUT2D eigenvalue weighted by molar-refractivity contribution is 6.20. The van der Waals surface area contributed by atoms with Crippen LogP contribution in [0.3, 0.4) is 0 Å². The van der Waals surface area contributed by atoms with E-state index in [1.807, 2.05) is 35.0 Å². The molecule has 4 rings (SSSR count). The van der Waals surface area contributed by atoms with Gasteiger partial charge in [0.05, 0.1) is 5.69 Å². The highest BCUT2D eigenvalue weighted by atomic mass is 35.5. The van der Waals surface area contributed by atoms with Gasteiger partial charge < -0.3 is 4.90 Å². The molecule has 20 heavy (non-hydrogen) atoms. The lowest BCUT2D eigenvalue weighted by atomic mass is 10.0. The zero-order valence-electron chi connectivity index (χ0n) is 11.1. The van der Waals surface area contributed by atoms with Gasteiger partial charge in [0.25, 0.3) is 5.95 Å². The molecule has 0 saturated carbocycles. The predicted octanol–water partition coefficient (Wildman–Crippen LogP) is 2.40. The van der Waals surface area contributed by atoms with Crippen molar-refractivity contribution >= 4 is 17.5 Å². The van der Waals surface area contributed by atoms with Crippen molar-refractivity contribution in [1.82, 2.24) is 20.2 Å². The average molecular weight is 290 g/mol. The van der Waals surface area contributed by atoms with E-state index in [-0.39, 0.29) is 0 Å². The van der Waals surface area contributed by atoms with Gasteiger partial charge >= 0.3 is 0 Å². The molecule has 5 nitrogen and oxygen atoms in total. The van der Waals surface area contributed by atoms with Gasteiger partial charge in [0.1, 0.15) is 0 Å². The van der Waals surface area contributed by atoms with Crippen molar-refractivity contribution in [2.45, 2.75) is 43.1 Å². The molecule has 6 heteroatoms. The number of halogens is 1. The van der Waals surface area contributed by atoms with Crippen molar-refractivity contribution in [3.05, 3.63) is 30.3 Å². The average Bonchev–Trinajstić information content (AvgIpc) is 3.03. The third-order valence-corrected chi connectivity index (χ3v) is 4.72. The van der Waals surface area contributed by atoms with Crippen LogP contribution in [0.2, 0.25) is 0 Å². The van der Waals surface area contributed by atoms with E-state index in [1.54, 1.807) is 0 Å². The van der Waals surface area contributed by atoms with E-state index in [4.69, 9.17) is 11.6 Å². The summed E-state index contributed by atoms with van der Waals surface area (Å²) in [5, 5.41) is 12.6. The first-order valence-corrected chi connectivity index (χ1v) is 7.53. The van der Waals surface area contributed by atoms with Gasteiger partial charge in [-0.15, -0.1) is 11.6 Å². The second-order valence-electron chi connectivity index (χ2n) is 5.59. The summed E-state index contributed by atoms with van der Waals surface area (Å²) in [5.74, 6) is 0.854. The number of tetrazole rings is 1. The molecule has 2 atom stereocenters. The van der Waals surface area contributed by atoms with Crippen LogP contribution in [0.4, 0.5) is 5.95 Å². The SMILES string of the molecule is ClC1CC2CCC(C1)N2c1nnnn1-c1ccccc1. The minimum atomic E-state index is 0.296. The Balaban J connectivity index is 1.72. The van der Waals surface area contributed by atoms with Gasteiger partial charge in [0, 0.05) is 17.5 Å². The largest absolute Gasteiger partial charge is 0.333 e. The number of hydrogen-bond donors (Lipinski definition) is 0. The number of benzene rings is 1. The van der Waals surface area contributed by atoms with E-state index in [0.29, 0.717) is 17.5 Å². The van der Waals surface area contributed by atoms with Crippen molar-refractivity contribution in [2.24, 2.45) is 0 Å². The highest BCUT2D eigenvalue weighted by Gasteiger charge is 2.42. The summed E-state index contributed by atoms with van der Waals surface area (Å²) in [6.45, 7) is 0. The first-order valence-electron chi connectivity index (χ1n) is 7.09. The van der Waals surface area contributed by atoms with Gasteiger partial charge in [-0.2, -0.15) is 4.68 Å². The summed E-state index contributed by atoms with van der Waals surface area (Å²) in [5.41, 5.74) is 1.000. The fourth-order valence-corrected chi connectivity index (χ4v) is 3.93. The monoisotopic (exact) mass is 289 g/mol. The topological polar surface area (TPSA) is 46.8 Å². The molecule has 2 aliphatic rings. The van der Waals surface area contributed by atoms with Gasteiger partial charge in [-0.05, 0) is 48.2 Å². The lowest BCUT2D eigenvalue weighted by molar-refractivity contribution is 0.463. The third kappa shape index (κ3) is 1.88. The molecule has 1 aromatic carbocycles. The van der Waals surface area contributed by atoms with Crippen LogP contribution in [0.1, 0.15) is 25.7 Å². The number of piperidine rings is 1. The number of fused-ring (bicyclic) bond motifs is 2. The fourth-order valence-electron chi connectivity index (χ4n) is 3.52. The first kappa shape index (κ1) is 12.1. The van der Waals surface area contributed by atoms with Crippen LogP contribution in [0.15, 0.2) is 30.3 Å².